The third kappa shape index (κ3) is 5.10. The lowest BCUT2D eigenvalue weighted by molar-refractivity contribution is -0.122. The van der Waals surface area contributed by atoms with Gasteiger partial charge in [0.15, 0.2) is 0 Å². The highest BCUT2D eigenvalue weighted by Crippen LogP contribution is 2.22. The molecule has 3 heterocycles. The third-order valence-corrected chi connectivity index (χ3v) is 6.68. The molecule has 3 N–H and O–H groups in total. The summed E-state index contributed by atoms with van der Waals surface area (Å²) in [6.45, 7) is 0.940. The molecule has 3 rings (SSSR count). The summed E-state index contributed by atoms with van der Waals surface area (Å²) in [5, 5.41) is 2.64. The van der Waals surface area contributed by atoms with Gasteiger partial charge in [-0.2, -0.15) is 4.31 Å². The Bertz CT molecular complexity index is 997. The number of nitrogens with one attached hydrogen (secondary N) is 1. The van der Waals surface area contributed by atoms with Crippen LogP contribution in [0.5, 0.6) is 0 Å². The maximum absolute atomic E-state index is 12.5. The van der Waals surface area contributed by atoms with Crippen molar-refractivity contribution < 1.29 is 18.0 Å². The maximum atomic E-state index is 12.5. The van der Waals surface area contributed by atoms with Crippen LogP contribution in [0.4, 0.5) is 11.5 Å². The van der Waals surface area contributed by atoms with Crippen LogP contribution >= 0.6 is 0 Å². The lowest BCUT2D eigenvalue weighted by Gasteiger charge is -2.32. The van der Waals surface area contributed by atoms with Crippen molar-refractivity contribution in [2.45, 2.75) is 17.7 Å². The molecule has 0 bridgehead atoms. The van der Waals surface area contributed by atoms with E-state index in [1.54, 1.807) is 12.1 Å². The van der Waals surface area contributed by atoms with Gasteiger partial charge in [0.25, 0.3) is 0 Å². The van der Waals surface area contributed by atoms with E-state index in [0.717, 1.165) is 23.7 Å². The number of piperidine rings is 1. The highest BCUT2D eigenvalue weighted by Gasteiger charge is 2.25. The van der Waals surface area contributed by atoms with Gasteiger partial charge >= 0.3 is 0 Å². The molecule has 1 aliphatic heterocycles. The van der Waals surface area contributed by atoms with Crippen LogP contribution in [0.2, 0.25) is 0 Å². The SMILES string of the molecule is CN(CC(=O)Nc1ccc(N2CCCC(C(N)=O)C2)nc1)S(=O)(=O)c1cccnc1. The Morgan fingerprint density at radius 1 is 1.30 bits per heavy atom. The summed E-state index contributed by atoms with van der Waals surface area (Å²) in [4.78, 5) is 33.9. The van der Waals surface area contributed by atoms with Crippen LogP contribution in [0, 0.1) is 5.92 Å². The lowest BCUT2D eigenvalue weighted by Crippen LogP contribution is -2.41. The van der Waals surface area contributed by atoms with E-state index in [-0.39, 0.29) is 23.3 Å². The van der Waals surface area contributed by atoms with E-state index in [1.807, 2.05) is 4.90 Å². The molecule has 30 heavy (non-hydrogen) atoms. The van der Waals surface area contributed by atoms with Crippen LogP contribution in [0.25, 0.3) is 0 Å². The van der Waals surface area contributed by atoms with Crippen LogP contribution in [-0.4, -0.2) is 61.2 Å². The first-order valence-corrected chi connectivity index (χ1v) is 10.9. The quantitative estimate of drug-likeness (QED) is 0.647. The molecular formula is C19H24N6O4S. The number of hydrogen-bond acceptors (Lipinski definition) is 7. The number of carbonyl (C=O) groups is 2. The number of sulfonamides is 1. The number of primary amides is 1. The van der Waals surface area contributed by atoms with E-state index >= 15 is 0 Å². The molecule has 2 amide bonds. The van der Waals surface area contributed by atoms with Crippen molar-refractivity contribution >= 4 is 33.3 Å². The molecule has 0 radical (unpaired) electrons. The average Bonchev–Trinajstić information content (AvgIpc) is 2.75. The molecule has 2 aromatic heterocycles. The van der Waals surface area contributed by atoms with Crippen LogP contribution in [0.15, 0.2) is 47.8 Å². The number of carbonyl (C=O) groups excluding carboxylic acids is 2. The lowest BCUT2D eigenvalue weighted by atomic mass is 9.97. The number of nitrogens with two attached hydrogens (primary N) is 1. The number of amides is 2. The second-order valence-electron chi connectivity index (χ2n) is 7.09. The molecule has 1 unspecified atom stereocenters. The molecule has 0 spiro atoms. The van der Waals surface area contributed by atoms with Crippen LogP contribution in [0.1, 0.15) is 12.8 Å². The zero-order valence-corrected chi connectivity index (χ0v) is 17.4. The first-order chi connectivity index (χ1) is 14.3. The van der Waals surface area contributed by atoms with Crippen LogP contribution < -0.4 is 16.0 Å². The Labute approximate surface area is 175 Å². The molecule has 0 aromatic carbocycles. The molecule has 1 fully saturated rings. The van der Waals surface area contributed by atoms with Crippen LogP contribution in [-0.2, 0) is 19.6 Å². The molecule has 0 aliphatic carbocycles. The van der Waals surface area contributed by atoms with Gasteiger partial charge in [-0.05, 0) is 37.1 Å². The van der Waals surface area contributed by atoms with E-state index < -0.39 is 15.9 Å². The van der Waals surface area contributed by atoms with Gasteiger partial charge in [-0.1, -0.05) is 0 Å². The molecule has 11 heteroatoms. The van der Waals surface area contributed by atoms with Crippen molar-refractivity contribution in [1.29, 1.82) is 0 Å². The minimum Gasteiger partial charge on any atom is -0.369 e. The number of anilines is 2. The van der Waals surface area contributed by atoms with Crippen molar-refractivity contribution in [3.63, 3.8) is 0 Å². The van der Waals surface area contributed by atoms with Gasteiger partial charge in [0, 0.05) is 32.5 Å². The molecule has 1 atom stereocenters. The van der Waals surface area contributed by atoms with E-state index in [1.165, 1.54) is 37.8 Å². The number of nitrogens with zero attached hydrogens (tertiary/aromatic N) is 4. The average molecular weight is 433 g/mol. The summed E-state index contributed by atoms with van der Waals surface area (Å²) >= 11 is 0. The normalized spacial score (nSPS) is 17.0. The van der Waals surface area contributed by atoms with Gasteiger partial charge in [-0.3, -0.25) is 14.6 Å². The Balaban J connectivity index is 1.59. The minimum absolute atomic E-state index is 0.0158. The summed E-state index contributed by atoms with van der Waals surface area (Å²) in [5.41, 5.74) is 5.85. The predicted molar refractivity (Wildman–Crippen MR) is 111 cm³/mol. The van der Waals surface area contributed by atoms with E-state index in [2.05, 4.69) is 15.3 Å². The molecule has 0 saturated carbocycles. The van der Waals surface area contributed by atoms with Gasteiger partial charge < -0.3 is 16.0 Å². The predicted octanol–water partition coefficient (Wildman–Crippen LogP) is 0.438. The summed E-state index contributed by atoms with van der Waals surface area (Å²) in [7, 11) is -2.48. The number of hydrogen-bond donors (Lipinski definition) is 2. The van der Waals surface area contributed by atoms with Gasteiger partial charge in [-0.15, -0.1) is 0 Å². The molecule has 1 aliphatic rings. The smallest absolute Gasteiger partial charge is 0.244 e. The maximum Gasteiger partial charge on any atom is 0.244 e. The van der Waals surface area contributed by atoms with Gasteiger partial charge in [0.05, 0.1) is 24.3 Å². The van der Waals surface area contributed by atoms with Crippen LogP contribution in [0.3, 0.4) is 0 Å². The fourth-order valence-corrected chi connectivity index (χ4v) is 4.32. The number of likely N-dealkylation sites (N-methyl/N-ethyl adjacent to an activating group) is 1. The zero-order chi connectivity index (χ0) is 21.7. The fraction of sp³-hybridized carbons (Fsp3) is 0.368. The van der Waals surface area contributed by atoms with E-state index in [4.69, 9.17) is 5.73 Å². The topological polar surface area (TPSA) is 139 Å². The zero-order valence-electron chi connectivity index (χ0n) is 16.6. The molecule has 160 valence electrons. The number of aromatic nitrogens is 2. The van der Waals surface area contributed by atoms with Crippen molar-refractivity contribution in [3.8, 4) is 0 Å². The summed E-state index contributed by atoms with van der Waals surface area (Å²) in [5.74, 6) is -0.312. The van der Waals surface area contributed by atoms with Gasteiger partial charge in [0.1, 0.15) is 10.7 Å². The number of pyridine rings is 2. The van der Waals surface area contributed by atoms with Gasteiger partial charge in [-0.25, -0.2) is 13.4 Å². The summed E-state index contributed by atoms with van der Waals surface area (Å²) < 4.78 is 25.9. The molecule has 10 nitrogen and oxygen atoms in total. The van der Waals surface area contributed by atoms with Crippen molar-refractivity contribution in [2.75, 3.05) is 36.9 Å². The third-order valence-electron chi connectivity index (χ3n) is 4.89. The Hall–Kier alpha value is -3.05. The Morgan fingerprint density at radius 2 is 2.10 bits per heavy atom. The minimum atomic E-state index is -3.81. The second kappa shape index (κ2) is 9.18. The molecule has 2 aromatic rings. The standard InChI is InChI=1S/C19H24N6O4S/c1-24(30(28,29)16-5-2-8-21-11-16)13-18(26)23-15-6-7-17(22-10-15)25-9-3-4-14(12-25)19(20)27/h2,5-8,10-11,14H,3-4,9,12-13H2,1H3,(H2,20,27)(H,23,26). The van der Waals surface area contributed by atoms with Gasteiger partial charge in [0.2, 0.25) is 21.8 Å². The Kier molecular flexibility index (Phi) is 6.63. The summed E-state index contributed by atoms with van der Waals surface area (Å²) in [6.07, 6.45) is 5.83. The molecular weight excluding hydrogens is 408 g/mol. The highest BCUT2D eigenvalue weighted by molar-refractivity contribution is 7.89. The summed E-state index contributed by atoms with van der Waals surface area (Å²) in [6, 6.07) is 6.36. The highest BCUT2D eigenvalue weighted by atomic mass is 32.2. The first kappa shape index (κ1) is 21.7. The van der Waals surface area contributed by atoms with Crippen molar-refractivity contribution in [3.05, 3.63) is 42.9 Å². The van der Waals surface area contributed by atoms with Crippen molar-refractivity contribution in [2.24, 2.45) is 11.7 Å². The monoisotopic (exact) mass is 432 g/mol. The largest absolute Gasteiger partial charge is 0.369 e. The van der Waals surface area contributed by atoms with E-state index in [0.29, 0.717) is 18.1 Å². The number of rotatable bonds is 7. The van der Waals surface area contributed by atoms with E-state index in [9.17, 15) is 18.0 Å². The fourth-order valence-electron chi connectivity index (χ4n) is 3.23. The van der Waals surface area contributed by atoms with Crippen molar-refractivity contribution in [1.82, 2.24) is 14.3 Å². The Morgan fingerprint density at radius 3 is 2.73 bits per heavy atom. The molecule has 1 saturated heterocycles. The first-order valence-electron chi connectivity index (χ1n) is 9.44. The second-order valence-corrected chi connectivity index (χ2v) is 9.14.